The lowest BCUT2D eigenvalue weighted by Gasteiger charge is -2.15. The molecule has 22 heavy (non-hydrogen) atoms. The molecule has 2 aromatic rings. The van der Waals surface area contributed by atoms with Gasteiger partial charge in [0.05, 0.1) is 11.6 Å². The van der Waals surface area contributed by atoms with Gasteiger partial charge in [-0.05, 0) is 20.3 Å². The lowest BCUT2D eigenvalue weighted by molar-refractivity contribution is 0.351. The van der Waals surface area contributed by atoms with Gasteiger partial charge in [0.2, 0.25) is 15.9 Å². The monoisotopic (exact) mass is 345 g/mol. The van der Waals surface area contributed by atoms with Gasteiger partial charge >= 0.3 is 0 Å². The first-order chi connectivity index (χ1) is 10.3. The van der Waals surface area contributed by atoms with Crippen LogP contribution in [0.2, 0.25) is 5.15 Å². The zero-order valence-electron chi connectivity index (χ0n) is 12.4. The molecule has 1 aliphatic heterocycles. The van der Waals surface area contributed by atoms with Crippen LogP contribution >= 0.6 is 11.6 Å². The van der Waals surface area contributed by atoms with Crippen molar-refractivity contribution in [1.29, 1.82) is 0 Å². The molecule has 0 aliphatic carbocycles. The smallest absolute Gasteiger partial charge is 0.248 e. The normalized spacial score (nSPS) is 19.9. The van der Waals surface area contributed by atoms with Crippen molar-refractivity contribution in [3.05, 3.63) is 22.6 Å². The molecule has 0 amide bonds. The molecule has 3 heterocycles. The van der Waals surface area contributed by atoms with Crippen LogP contribution in [0, 0.1) is 13.8 Å². The Kier molecular flexibility index (Phi) is 3.74. The second-order valence-electron chi connectivity index (χ2n) is 5.36. The maximum atomic E-state index is 12.8. The second-order valence-corrected chi connectivity index (χ2v) is 7.59. The van der Waals surface area contributed by atoms with Crippen molar-refractivity contribution >= 4 is 21.6 Å². The van der Waals surface area contributed by atoms with E-state index in [0.717, 1.165) is 0 Å². The SMILES string of the molecule is Cc1noc(C2CCN(S(=O)(=O)c3c(C)nn(C)c3Cl)C2)n1. The van der Waals surface area contributed by atoms with Crippen LogP contribution in [0.5, 0.6) is 0 Å². The summed E-state index contributed by atoms with van der Waals surface area (Å²) in [6.07, 6.45) is 0.637. The van der Waals surface area contributed by atoms with Crippen LogP contribution in [0.4, 0.5) is 0 Å². The van der Waals surface area contributed by atoms with Gasteiger partial charge in [0, 0.05) is 20.1 Å². The third-order valence-electron chi connectivity index (χ3n) is 3.74. The van der Waals surface area contributed by atoms with E-state index in [4.69, 9.17) is 16.1 Å². The van der Waals surface area contributed by atoms with Gasteiger partial charge in [0.25, 0.3) is 0 Å². The van der Waals surface area contributed by atoms with E-state index in [1.807, 2.05) is 0 Å². The minimum absolute atomic E-state index is 0.0685. The zero-order valence-corrected chi connectivity index (χ0v) is 14.0. The average Bonchev–Trinajstić information content (AvgIpc) is 3.10. The number of aryl methyl sites for hydroxylation is 3. The van der Waals surface area contributed by atoms with E-state index in [1.54, 1.807) is 20.9 Å². The molecular formula is C12H16ClN5O3S. The zero-order chi connectivity index (χ0) is 16.1. The van der Waals surface area contributed by atoms with Crippen LogP contribution in [0.15, 0.2) is 9.42 Å². The van der Waals surface area contributed by atoms with Gasteiger partial charge < -0.3 is 4.52 Å². The number of sulfonamides is 1. The molecule has 10 heteroatoms. The molecule has 0 saturated carbocycles. The molecule has 0 spiro atoms. The van der Waals surface area contributed by atoms with Gasteiger partial charge in [-0.15, -0.1) is 0 Å². The van der Waals surface area contributed by atoms with Gasteiger partial charge in [-0.2, -0.15) is 14.4 Å². The van der Waals surface area contributed by atoms with E-state index in [0.29, 0.717) is 36.9 Å². The van der Waals surface area contributed by atoms with Crippen LogP contribution in [0.3, 0.4) is 0 Å². The Bertz CT molecular complexity index is 813. The minimum Gasteiger partial charge on any atom is -0.339 e. The summed E-state index contributed by atoms with van der Waals surface area (Å²) in [6.45, 7) is 4.05. The van der Waals surface area contributed by atoms with E-state index in [-0.39, 0.29) is 16.0 Å². The highest BCUT2D eigenvalue weighted by atomic mass is 35.5. The molecule has 120 valence electrons. The molecule has 1 aliphatic rings. The molecule has 1 atom stereocenters. The summed E-state index contributed by atoms with van der Waals surface area (Å²) in [5.41, 5.74) is 0.393. The summed E-state index contributed by atoms with van der Waals surface area (Å²) < 4.78 is 33.5. The maximum Gasteiger partial charge on any atom is 0.248 e. The lowest BCUT2D eigenvalue weighted by Crippen LogP contribution is -2.29. The first-order valence-electron chi connectivity index (χ1n) is 6.80. The summed E-state index contributed by atoms with van der Waals surface area (Å²) >= 11 is 6.09. The van der Waals surface area contributed by atoms with Crippen molar-refractivity contribution < 1.29 is 12.9 Å². The van der Waals surface area contributed by atoms with Crippen molar-refractivity contribution in [3.8, 4) is 0 Å². The topological polar surface area (TPSA) is 94.1 Å². The highest BCUT2D eigenvalue weighted by Crippen LogP contribution is 2.33. The third kappa shape index (κ3) is 2.42. The molecule has 1 unspecified atom stereocenters. The van der Waals surface area contributed by atoms with E-state index >= 15 is 0 Å². The van der Waals surface area contributed by atoms with Crippen molar-refractivity contribution in [3.63, 3.8) is 0 Å². The summed E-state index contributed by atoms with van der Waals surface area (Å²) in [4.78, 5) is 4.25. The number of rotatable bonds is 3. The minimum atomic E-state index is -3.69. The molecule has 2 aromatic heterocycles. The highest BCUT2D eigenvalue weighted by molar-refractivity contribution is 7.89. The van der Waals surface area contributed by atoms with Gasteiger partial charge in [-0.25, -0.2) is 8.42 Å². The summed E-state index contributed by atoms with van der Waals surface area (Å²) in [5, 5.41) is 7.94. The van der Waals surface area contributed by atoms with Crippen LogP contribution < -0.4 is 0 Å². The maximum absolute atomic E-state index is 12.8. The molecule has 0 radical (unpaired) electrons. The van der Waals surface area contributed by atoms with Crippen molar-refractivity contribution in [2.45, 2.75) is 31.1 Å². The average molecular weight is 346 g/mol. The van der Waals surface area contributed by atoms with Gasteiger partial charge in [-0.1, -0.05) is 16.8 Å². The lowest BCUT2D eigenvalue weighted by atomic mass is 10.1. The van der Waals surface area contributed by atoms with Crippen molar-refractivity contribution in [2.24, 2.45) is 7.05 Å². The Balaban J connectivity index is 1.88. The van der Waals surface area contributed by atoms with Crippen LogP contribution in [0.25, 0.3) is 0 Å². The fourth-order valence-corrected chi connectivity index (χ4v) is 4.87. The van der Waals surface area contributed by atoms with E-state index in [1.165, 1.54) is 8.99 Å². The Morgan fingerprint density at radius 2 is 2.09 bits per heavy atom. The number of aromatic nitrogens is 4. The Morgan fingerprint density at radius 1 is 1.36 bits per heavy atom. The second kappa shape index (κ2) is 5.32. The first-order valence-corrected chi connectivity index (χ1v) is 8.62. The fraction of sp³-hybridized carbons (Fsp3) is 0.583. The van der Waals surface area contributed by atoms with Crippen molar-refractivity contribution in [2.75, 3.05) is 13.1 Å². The largest absolute Gasteiger partial charge is 0.339 e. The summed E-state index contributed by atoms with van der Waals surface area (Å²) in [6, 6.07) is 0. The predicted octanol–water partition coefficient (Wildman–Crippen LogP) is 1.25. The molecule has 1 saturated heterocycles. The van der Waals surface area contributed by atoms with E-state index in [9.17, 15) is 8.42 Å². The number of halogens is 1. The summed E-state index contributed by atoms with van der Waals surface area (Å²) in [5.74, 6) is 0.929. The standard InChI is InChI=1S/C12H16ClN5O3S/c1-7-10(11(13)17(3)15-7)22(19,20)18-5-4-9(6-18)12-14-8(2)16-21-12/h9H,4-6H2,1-3H3. The van der Waals surface area contributed by atoms with Crippen molar-refractivity contribution in [1.82, 2.24) is 24.2 Å². The quantitative estimate of drug-likeness (QED) is 0.831. The highest BCUT2D eigenvalue weighted by Gasteiger charge is 2.38. The fourth-order valence-electron chi connectivity index (χ4n) is 2.66. The molecule has 0 bridgehead atoms. The van der Waals surface area contributed by atoms with Crippen LogP contribution in [-0.2, 0) is 17.1 Å². The van der Waals surface area contributed by atoms with Crippen LogP contribution in [0.1, 0.15) is 29.7 Å². The van der Waals surface area contributed by atoms with Gasteiger partial charge in [0.1, 0.15) is 10.0 Å². The van der Waals surface area contributed by atoms with Gasteiger partial charge in [-0.3, -0.25) is 4.68 Å². The number of hydrogen-bond donors (Lipinski definition) is 0. The third-order valence-corrected chi connectivity index (χ3v) is 6.30. The molecule has 0 N–H and O–H groups in total. The molecular weight excluding hydrogens is 330 g/mol. The molecule has 3 rings (SSSR count). The Hall–Kier alpha value is -1.45. The Morgan fingerprint density at radius 3 is 2.64 bits per heavy atom. The summed E-state index contributed by atoms with van der Waals surface area (Å²) in [7, 11) is -2.07. The molecule has 1 fully saturated rings. The van der Waals surface area contributed by atoms with Crippen LogP contribution in [-0.4, -0.2) is 45.7 Å². The molecule has 8 nitrogen and oxygen atoms in total. The first kappa shape index (κ1) is 15.4. The van der Waals surface area contributed by atoms with E-state index in [2.05, 4.69) is 15.2 Å². The van der Waals surface area contributed by atoms with E-state index < -0.39 is 10.0 Å². The Labute approximate surface area is 133 Å². The number of nitrogens with zero attached hydrogens (tertiary/aromatic N) is 5. The van der Waals surface area contributed by atoms with Gasteiger partial charge in [0.15, 0.2) is 5.82 Å². The predicted molar refractivity (Wildman–Crippen MR) is 78.1 cm³/mol. The number of hydrogen-bond acceptors (Lipinski definition) is 6. The molecule has 0 aromatic carbocycles.